The third-order valence-corrected chi connectivity index (χ3v) is 4.34. The maximum Gasteiger partial charge on any atom is 0.184 e. The quantitative estimate of drug-likeness (QED) is 0.749. The molecule has 0 saturated heterocycles. The maximum absolute atomic E-state index is 12.9. The first-order chi connectivity index (χ1) is 10.1. The van der Waals surface area contributed by atoms with E-state index in [0.29, 0.717) is 0 Å². The highest BCUT2D eigenvalue weighted by Gasteiger charge is 2.08. The summed E-state index contributed by atoms with van der Waals surface area (Å²) in [5, 5.41) is 4.36. The molecule has 2 nitrogen and oxygen atoms in total. The second-order valence-electron chi connectivity index (χ2n) is 5.37. The number of nitrogens with one attached hydrogen (secondary N) is 1. The van der Waals surface area contributed by atoms with Gasteiger partial charge in [0.15, 0.2) is 5.13 Å². The van der Waals surface area contributed by atoms with Gasteiger partial charge in [-0.3, -0.25) is 0 Å². The van der Waals surface area contributed by atoms with Crippen molar-refractivity contribution in [3.63, 3.8) is 0 Å². The molecule has 108 valence electrons. The molecular weight excluding hydrogens is 283 g/mol. The molecule has 0 saturated carbocycles. The average Bonchev–Trinajstić information content (AvgIpc) is 2.82. The van der Waals surface area contributed by atoms with Crippen LogP contribution >= 0.6 is 11.3 Å². The van der Waals surface area contributed by atoms with Gasteiger partial charge in [-0.15, -0.1) is 0 Å². The predicted octanol–water partition coefficient (Wildman–Crippen LogP) is 4.79. The minimum atomic E-state index is -0.194. The van der Waals surface area contributed by atoms with Crippen molar-refractivity contribution in [3.05, 3.63) is 59.4 Å². The summed E-state index contributed by atoms with van der Waals surface area (Å²) < 4.78 is 14.1. The number of benzene rings is 2. The van der Waals surface area contributed by atoms with Crippen molar-refractivity contribution in [1.82, 2.24) is 4.98 Å². The fraction of sp³-hybridized carbons (Fsp3) is 0.235. The van der Waals surface area contributed by atoms with Crippen LogP contribution in [0.4, 0.5) is 9.52 Å². The van der Waals surface area contributed by atoms with Crippen LogP contribution in [0.5, 0.6) is 0 Å². The first-order valence-electron chi connectivity index (χ1n) is 6.98. The van der Waals surface area contributed by atoms with Crippen molar-refractivity contribution < 1.29 is 4.39 Å². The zero-order valence-corrected chi connectivity index (χ0v) is 12.9. The molecule has 0 aliphatic carbocycles. The number of fused-ring (bicyclic) bond motifs is 1. The highest BCUT2D eigenvalue weighted by molar-refractivity contribution is 7.22. The summed E-state index contributed by atoms with van der Waals surface area (Å²) in [4.78, 5) is 4.62. The number of hydrogen-bond donors (Lipinski definition) is 1. The normalized spacial score (nSPS) is 12.5. The minimum absolute atomic E-state index is 0.194. The second kappa shape index (κ2) is 5.82. The molecule has 0 bridgehead atoms. The molecule has 1 heterocycles. The molecule has 2 aromatic carbocycles. The van der Waals surface area contributed by atoms with Crippen molar-refractivity contribution in [1.29, 1.82) is 0 Å². The highest BCUT2D eigenvalue weighted by Crippen LogP contribution is 2.27. The van der Waals surface area contributed by atoms with Crippen LogP contribution in [0.25, 0.3) is 10.2 Å². The Morgan fingerprint density at radius 2 is 1.95 bits per heavy atom. The summed E-state index contributed by atoms with van der Waals surface area (Å²) in [6, 6.07) is 13.2. The Hall–Kier alpha value is -1.94. The molecule has 3 aromatic rings. The molecule has 4 heteroatoms. The van der Waals surface area contributed by atoms with Gasteiger partial charge < -0.3 is 5.32 Å². The Morgan fingerprint density at radius 1 is 1.19 bits per heavy atom. The molecule has 0 fully saturated rings. The summed E-state index contributed by atoms with van der Waals surface area (Å²) in [6.45, 7) is 4.18. The zero-order valence-electron chi connectivity index (χ0n) is 12.1. The molecule has 0 amide bonds. The smallest absolute Gasteiger partial charge is 0.184 e. The molecular formula is C17H17FN2S. The van der Waals surface area contributed by atoms with Crippen LogP contribution in [0.1, 0.15) is 18.1 Å². The molecule has 0 aliphatic rings. The molecule has 1 N–H and O–H groups in total. The molecule has 0 radical (unpaired) electrons. The molecule has 21 heavy (non-hydrogen) atoms. The minimum Gasteiger partial charge on any atom is -0.359 e. The Kier molecular flexibility index (Phi) is 3.88. The Balaban J connectivity index is 1.70. The van der Waals surface area contributed by atoms with Gasteiger partial charge in [0.1, 0.15) is 5.82 Å². The number of rotatable bonds is 4. The maximum atomic E-state index is 12.9. The van der Waals surface area contributed by atoms with Crippen LogP contribution in [0.15, 0.2) is 42.5 Å². The standard InChI is InChI=1S/C17H17FN2S/c1-11-3-8-16-15(9-11)20-17(21-16)19-12(2)10-13-4-6-14(18)7-5-13/h3-9,12H,10H2,1-2H3,(H,19,20). The monoisotopic (exact) mass is 300 g/mol. The van der Waals surface area contributed by atoms with E-state index in [1.54, 1.807) is 11.3 Å². The third kappa shape index (κ3) is 3.39. The van der Waals surface area contributed by atoms with Gasteiger partial charge in [-0.2, -0.15) is 0 Å². The second-order valence-corrected chi connectivity index (χ2v) is 6.40. The van der Waals surface area contributed by atoms with E-state index in [1.165, 1.54) is 22.4 Å². The van der Waals surface area contributed by atoms with Crippen LogP contribution < -0.4 is 5.32 Å². The molecule has 0 spiro atoms. The predicted molar refractivity (Wildman–Crippen MR) is 87.5 cm³/mol. The van der Waals surface area contributed by atoms with Gasteiger partial charge in [0.25, 0.3) is 0 Å². The third-order valence-electron chi connectivity index (χ3n) is 3.37. The highest BCUT2D eigenvalue weighted by atomic mass is 32.1. The lowest BCUT2D eigenvalue weighted by molar-refractivity contribution is 0.626. The lowest BCUT2D eigenvalue weighted by Crippen LogP contribution is -2.17. The number of thiazole rings is 1. The van der Waals surface area contributed by atoms with Crippen LogP contribution in [-0.4, -0.2) is 11.0 Å². The van der Waals surface area contributed by atoms with Crippen molar-refractivity contribution in [2.75, 3.05) is 5.32 Å². The number of aryl methyl sites for hydroxylation is 1. The Morgan fingerprint density at radius 3 is 2.71 bits per heavy atom. The van der Waals surface area contributed by atoms with Gasteiger partial charge >= 0.3 is 0 Å². The summed E-state index contributed by atoms with van der Waals surface area (Å²) in [7, 11) is 0. The number of halogens is 1. The van der Waals surface area contributed by atoms with Gasteiger partial charge in [0, 0.05) is 6.04 Å². The van der Waals surface area contributed by atoms with E-state index in [0.717, 1.165) is 22.6 Å². The van der Waals surface area contributed by atoms with Crippen LogP contribution in [-0.2, 0) is 6.42 Å². The summed E-state index contributed by atoms with van der Waals surface area (Å²) in [5.74, 6) is -0.194. The largest absolute Gasteiger partial charge is 0.359 e. The van der Waals surface area contributed by atoms with Gasteiger partial charge in [0.2, 0.25) is 0 Å². The Bertz CT molecular complexity index is 749. The molecule has 3 rings (SSSR count). The average molecular weight is 300 g/mol. The first kappa shape index (κ1) is 14.0. The van der Waals surface area contributed by atoms with Gasteiger partial charge in [0.05, 0.1) is 10.2 Å². The SMILES string of the molecule is Cc1ccc2sc(NC(C)Cc3ccc(F)cc3)nc2c1. The molecule has 1 unspecified atom stereocenters. The summed E-state index contributed by atoms with van der Waals surface area (Å²) in [5.41, 5.74) is 3.38. The Labute approximate surface area is 127 Å². The van der Waals surface area contributed by atoms with E-state index in [9.17, 15) is 4.39 Å². The summed E-state index contributed by atoms with van der Waals surface area (Å²) >= 11 is 1.67. The molecule has 0 aliphatic heterocycles. The fourth-order valence-electron chi connectivity index (χ4n) is 2.34. The number of aromatic nitrogens is 1. The number of hydrogen-bond acceptors (Lipinski definition) is 3. The van der Waals surface area contributed by atoms with Crippen molar-refractivity contribution in [2.24, 2.45) is 0 Å². The zero-order chi connectivity index (χ0) is 14.8. The number of nitrogens with zero attached hydrogens (tertiary/aromatic N) is 1. The molecule has 1 atom stereocenters. The van der Waals surface area contributed by atoms with Gasteiger partial charge in [-0.05, 0) is 55.7 Å². The van der Waals surface area contributed by atoms with Crippen molar-refractivity contribution >= 4 is 26.7 Å². The molecule has 1 aromatic heterocycles. The van der Waals surface area contributed by atoms with E-state index in [1.807, 2.05) is 12.1 Å². The van der Waals surface area contributed by atoms with E-state index in [4.69, 9.17) is 0 Å². The van der Waals surface area contributed by atoms with Crippen LogP contribution in [0.2, 0.25) is 0 Å². The summed E-state index contributed by atoms with van der Waals surface area (Å²) in [6.07, 6.45) is 0.842. The topological polar surface area (TPSA) is 24.9 Å². The lowest BCUT2D eigenvalue weighted by Gasteiger charge is -2.12. The fourth-order valence-corrected chi connectivity index (χ4v) is 3.29. The lowest BCUT2D eigenvalue weighted by atomic mass is 10.1. The van der Waals surface area contributed by atoms with Crippen molar-refractivity contribution in [2.45, 2.75) is 26.3 Å². The van der Waals surface area contributed by atoms with E-state index >= 15 is 0 Å². The van der Waals surface area contributed by atoms with Crippen LogP contribution in [0.3, 0.4) is 0 Å². The van der Waals surface area contributed by atoms with Crippen molar-refractivity contribution in [3.8, 4) is 0 Å². The van der Waals surface area contributed by atoms with Crippen LogP contribution in [0, 0.1) is 12.7 Å². The van der Waals surface area contributed by atoms with Gasteiger partial charge in [-0.25, -0.2) is 9.37 Å². The van der Waals surface area contributed by atoms with E-state index in [2.05, 4.69) is 42.3 Å². The van der Waals surface area contributed by atoms with E-state index in [-0.39, 0.29) is 11.9 Å². The van der Waals surface area contributed by atoms with Gasteiger partial charge in [-0.1, -0.05) is 29.5 Å². The first-order valence-corrected chi connectivity index (χ1v) is 7.80. The van der Waals surface area contributed by atoms with E-state index < -0.39 is 0 Å². The number of anilines is 1.